The summed E-state index contributed by atoms with van der Waals surface area (Å²) in [6.07, 6.45) is 3.57. The van der Waals surface area contributed by atoms with Gasteiger partial charge in [0.25, 0.3) is 11.8 Å². The summed E-state index contributed by atoms with van der Waals surface area (Å²) in [4.78, 5) is 31.4. The molecule has 0 aliphatic heterocycles. The number of anilines is 2. The third-order valence-corrected chi connectivity index (χ3v) is 6.77. The van der Waals surface area contributed by atoms with Gasteiger partial charge in [-0.25, -0.2) is 4.98 Å². The number of carbonyl (C=O) groups is 2. The Morgan fingerprint density at radius 3 is 2.81 bits per heavy atom. The lowest BCUT2D eigenvalue weighted by atomic mass is 9.88. The Bertz CT molecular complexity index is 1130. The van der Waals surface area contributed by atoms with Crippen molar-refractivity contribution in [3.05, 3.63) is 69.7 Å². The minimum absolute atomic E-state index is 0.269. The van der Waals surface area contributed by atoms with Crippen LogP contribution in [0.3, 0.4) is 0 Å². The second-order valence-electron chi connectivity index (χ2n) is 7.93. The molecule has 3 aromatic rings. The number of ether oxygens (including phenoxy) is 1. The molecule has 2 N–H and O–H groups in total. The van der Waals surface area contributed by atoms with Crippen molar-refractivity contribution in [2.45, 2.75) is 39.2 Å². The van der Waals surface area contributed by atoms with Crippen molar-refractivity contribution in [3.63, 3.8) is 0 Å². The Morgan fingerprint density at radius 2 is 2.06 bits per heavy atom. The molecule has 8 heteroatoms. The van der Waals surface area contributed by atoms with Crippen LogP contribution in [0.5, 0.6) is 5.75 Å². The van der Waals surface area contributed by atoms with E-state index in [1.165, 1.54) is 11.3 Å². The van der Waals surface area contributed by atoms with Crippen molar-refractivity contribution in [1.29, 1.82) is 0 Å². The van der Waals surface area contributed by atoms with Crippen molar-refractivity contribution >= 4 is 45.6 Å². The Morgan fingerprint density at radius 1 is 1.22 bits per heavy atom. The van der Waals surface area contributed by atoms with E-state index in [1.807, 2.05) is 6.07 Å². The highest BCUT2D eigenvalue weighted by molar-refractivity contribution is 7.17. The molecule has 0 spiro atoms. The molecule has 0 saturated carbocycles. The Labute approximate surface area is 196 Å². The molecule has 2 heterocycles. The Balaban J connectivity index is 1.57. The van der Waals surface area contributed by atoms with E-state index in [-0.39, 0.29) is 11.8 Å². The van der Waals surface area contributed by atoms with Gasteiger partial charge in [-0.05, 0) is 68.0 Å². The first-order valence-electron chi connectivity index (χ1n) is 10.5. The topological polar surface area (TPSA) is 80.3 Å². The van der Waals surface area contributed by atoms with Gasteiger partial charge in [-0.2, -0.15) is 0 Å². The number of hydrogen-bond acceptors (Lipinski definition) is 5. The number of thiophene rings is 1. The van der Waals surface area contributed by atoms with Crippen molar-refractivity contribution < 1.29 is 14.3 Å². The van der Waals surface area contributed by atoms with Gasteiger partial charge in [-0.3, -0.25) is 9.59 Å². The van der Waals surface area contributed by atoms with Gasteiger partial charge < -0.3 is 15.4 Å². The first kappa shape index (κ1) is 22.3. The summed E-state index contributed by atoms with van der Waals surface area (Å²) < 4.78 is 5.74. The van der Waals surface area contributed by atoms with Crippen molar-refractivity contribution in [3.8, 4) is 5.75 Å². The molecule has 2 atom stereocenters. The number of nitrogens with zero attached hydrogens (tertiary/aromatic N) is 1. The second kappa shape index (κ2) is 9.71. The van der Waals surface area contributed by atoms with E-state index in [9.17, 15) is 9.59 Å². The van der Waals surface area contributed by atoms with Crippen molar-refractivity contribution in [2.75, 3.05) is 10.6 Å². The fraction of sp³-hybridized carbons (Fsp3) is 0.292. The molecule has 1 aliphatic rings. The first-order chi connectivity index (χ1) is 15.4. The summed E-state index contributed by atoms with van der Waals surface area (Å²) in [6.45, 7) is 3.87. The SMILES string of the molecule is C[C@@H]1CCc2c(sc(NC(=O)[C@@H](C)Oc3cccc(Cl)c3)c2C(=O)Nc2ccccn2)C1. The van der Waals surface area contributed by atoms with Gasteiger partial charge in [0.15, 0.2) is 6.10 Å². The van der Waals surface area contributed by atoms with Crippen LogP contribution in [0.1, 0.15) is 41.1 Å². The maximum Gasteiger partial charge on any atom is 0.265 e. The predicted molar refractivity (Wildman–Crippen MR) is 128 cm³/mol. The second-order valence-corrected chi connectivity index (χ2v) is 9.47. The van der Waals surface area contributed by atoms with Gasteiger partial charge in [0, 0.05) is 16.1 Å². The summed E-state index contributed by atoms with van der Waals surface area (Å²) in [7, 11) is 0. The van der Waals surface area contributed by atoms with Crippen LogP contribution in [-0.2, 0) is 17.6 Å². The average Bonchev–Trinajstić information content (AvgIpc) is 3.11. The molecule has 1 aromatic carbocycles. The van der Waals surface area contributed by atoms with E-state index < -0.39 is 6.10 Å². The number of pyridine rings is 1. The summed E-state index contributed by atoms with van der Waals surface area (Å²) in [6, 6.07) is 12.2. The number of halogens is 1. The van der Waals surface area contributed by atoms with Gasteiger partial charge in [-0.15, -0.1) is 11.3 Å². The van der Waals surface area contributed by atoms with Crippen LogP contribution in [0.4, 0.5) is 10.8 Å². The maximum absolute atomic E-state index is 13.2. The minimum Gasteiger partial charge on any atom is -0.481 e. The molecule has 0 unspecified atom stereocenters. The standard InChI is InChI=1S/C24H24ClN3O3S/c1-14-9-10-18-19(12-14)32-24(21(18)23(30)27-20-8-3-4-11-26-20)28-22(29)15(2)31-17-7-5-6-16(25)13-17/h3-8,11,13-15H,9-10,12H2,1-2H3,(H,28,29)(H,26,27,30)/t14-,15-/m1/s1. The molecular weight excluding hydrogens is 446 g/mol. The quantitative estimate of drug-likeness (QED) is 0.493. The first-order valence-corrected chi connectivity index (χ1v) is 11.7. The van der Waals surface area contributed by atoms with Gasteiger partial charge in [-0.1, -0.05) is 30.7 Å². The minimum atomic E-state index is -0.766. The fourth-order valence-corrected chi connectivity index (χ4v) is 5.30. The number of benzene rings is 1. The maximum atomic E-state index is 13.2. The normalized spacial score (nSPS) is 16.0. The zero-order chi connectivity index (χ0) is 22.7. The number of rotatable bonds is 6. The molecular formula is C24H24ClN3O3S. The van der Waals surface area contributed by atoms with Crippen LogP contribution in [0, 0.1) is 5.92 Å². The van der Waals surface area contributed by atoms with E-state index >= 15 is 0 Å². The van der Waals surface area contributed by atoms with E-state index in [4.69, 9.17) is 16.3 Å². The van der Waals surface area contributed by atoms with Gasteiger partial charge in [0.2, 0.25) is 0 Å². The molecule has 0 fully saturated rings. The van der Waals surface area contributed by atoms with Crippen LogP contribution < -0.4 is 15.4 Å². The molecule has 4 rings (SSSR count). The molecule has 32 heavy (non-hydrogen) atoms. The van der Waals surface area contributed by atoms with E-state index in [2.05, 4.69) is 22.5 Å². The molecule has 0 bridgehead atoms. The van der Waals surface area contributed by atoms with Crippen LogP contribution in [0.2, 0.25) is 5.02 Å². The van der Waals surface area contributed by atoms with Crippen LogP contribution in [0.15, 0.2) is 48.7 Å². The number of fused-ring (bicyclic) bond motifs is 1. The lowest BCUT2D eigenvalue weighted by Crippen LogP contribution is -2.30. The smallest absolute Gasteiger partial charge is 0.265 e. The van der Waals surface area contributed by atoms with Gasteiger partial charge in [0.05, 0.1) is 5.56 Å². The van der Waals surface area contributed by atoms with E-state index in [0.717, 1.165) is 29.7 Å². The van der Waals surface area contributed by atoms with Gasteiger partial charge >= 0.3 is 0 Å². The van der Waals surface area contributed by atoms with Crippen LogP contribution in [-0.4, -0.2) is 22.9 Å². The van der Waals surface area contributed by atoms with Crippen LogP contribution >= 0.6 is 22.9 Å². The molecule has 0 saturated heterocycles. The summed E-state index contributed by atoms with van der Waals surface area (Å²) in [5.41, 5.74) is 1.53. The summed E-state index contributed by atoms with van der Waals surface area (Å²) in [5, 5.41) is 6.85. The highest BCUT2D eigenvalue weighted by Gasteiger charge is 2.29. The monoisotopic (exact) mass is 469 g/mol. The molecule has 0 radical (unpaired) electrons. The van der Waals surface area contributed by atoms with Crippen molar-refractivity contribution in [2.24, 2.45) is 5.92 Å². The number of nitrogens with one attached hydrogen (secondary N) is 2. The fourth-order valence-electron chi connectivity index (χ4n) is 3.71. The largest absolute Gasteiger partial charge is 0.481 e. The summed E-state index contributed by atoms with van der Waals surface area (Å²) >= 11 is 7.47. The Kier molecular flexibility index (Phi) is 6.77. The Hall–Kier alpha value is -2.90. The number of carbonyl (C=O) groups excluding carboxylic acids is 2. The average molecular weight is 470 g/mol. The molecule has 1 aliphatic carbocycles. The molecule has 166 valence electrons. The van der Waals surface area contributed by atoms with E-state index in [0.29, 0.717) is 33.1 Å². The third kappa shape index (κ3) is 5.11. The van der Waals surface area contributed by atoms with Gasteiger partial charge in [0.1, 0.15) is 16.6 Å². The third-order valence-electron chi connectivity index (χ3n) is 5.36. The van der Waals surface area contributed by atoms with Crippen molar-refractivity contribution in [1.82, 2.24) is 4.98 Å². The molecule has 2 aromatic heterocycles. The number of hydrogen-bond donors (Lipinski definition) is 2. The zero-order valence-corrected chi connectivity index (χ0v) is 19.4. The predicted octanol–water partition coefficient (Wildman–Crippen LogP) is 5.58. The lowest BCUT2D eigenvalue weighted by molar-refractivity contribution is -0.122. The molecule has 2 amide bonds. The summed E-state index contributed by atoms with van der Waals surface area (Å²) in [5.74, 6) is 0.920. The number of amides is 2. The number of aromatic nitrogens is 1. The highest BCUT2D eigenvalue weighted by Crippen LogP contribution is 2.40. The zero-order valence-electron chi connectivity index (χ0n) is 17.9. The highest BCUT2D eigenvalue weighted by atomic mass is 35.5. The van der Waals surface area contributed by atoms with E-state index in [1.54, 1.807) is 49.5 Å². The van der Waals surface area contributed by atoms with Crippen LogP contribution in [0.25, 0.3) is 0 Å². The molecule has 6 nitrogen and oxygen atoms in total. The lowest BCUT2D eigenvalue weighted by Gasteiger charge is -2.18.